The lowest BCUT2D eigenvalue weighted by Crippen LogP contribution is -2.67. The second-order valence-corrected chi connectivity index (χ2v) is 17.7. The minimum absolute atomic E-state index is 0.0229. The molecule has 6 aliphatic rings. The van der Waals surface area contributed by atoms with E-state index in [0.717, 1.165) is 31.1 Å². The summed E-state index contributed by atoms with van der Waals surface area (Å²) in [5.41, 5.74) is 10.6. The van der Waals surface area contributed by atoms with Gasteiger partial charge in [-0.2, -0.15) is 0 Å². The van der Waals surface area contributed by atoms with E-state index in [1.165, 1.54) is 63.4 Å². The Morgan fingerprint density at radius 3 is 2.24 bits per heavy atom. The van der Waals surface area contributed by atoms with Gasteiger partial charge in [-0.05, 0) is 154 Å². The number of aliphatic carboxylic acids is 1. The van der Waals surface area contributed by atoms with Gasteiger partial charge in [-0.1, -0.05) is 58.4 Å². The molecule has 0 bridgehead atoms. The van der Waals surface area contributed by atoms with Crippen LogP contribution >= 0.6 is 0 Å². The fraction of sp³-hybridized carbons (Fsp3) is 0.868. The van der Waals surface area contributed by atoms with Crippen LogP contribution in [0, 0.1) is 57.2 Å². The molecular weight excluding hydrogens is 518 g/mol. The van der Waals surface area contributed by atoms with E-state index < -0.39 is 11.6 Å². The summed E-state index contributed by atoms with van der Waals surface area (Å²) in [7, 11) is 1.57. The first-order valence-electron chi connectivity index (χ1n) is 17.5. The molecule has 0 unspecified atom stereocenters. The summed E-state index contributed by atoms with van der Waals surface area (Å²) in [4.78, 5) is 11.9. The molecule has 0 aliphatic heterocycles. The third-order valence-corrected chi connectivity index (χ3v) is 16.1. The summed E-state index contributed by atoms with van der Waals surface area (Å²) in [6, 6.07) is 0. The number of ether oxygens (including phenoxy) is 1. The highest BCUT2D eigenvalue weighted by Gasteiger charge is 2.70. The van der Waals surface area contributed by atoms with Crippen molar-refractivity contribution in [2.24, 2.45) is 62.9 Å². The topological polar surface area (TPSA) is 72.5 Å². The number of carbonyl (C=O) groups is 1. The molecule has 0 saturated heterocycles. The Morgan fingerprint density at radius 1 is 0.929 bits per heavy atom. The van der Waals surface area contributed by atoms with Gasteiger partial charge in [-0.15, -0.1) is 0 Å². The van der Waals surface area contributed by atoms with Crippen molar-refractivity contribution in [1.82, 2.24) is 0 Å². The van der Waals surface area contributed by atoms with Crippen molar-refractivity contribution in [2.45, 2.75) is 143 Å². The van der Waals surface area contributed by atoms with Crippen LogP contribution in [0.1, 0.15) is 131 Å². The monoisotopic (exact) mass is 579 g/mol. The summed E-state index contributed by atoms with van der Waals surface area (Å²) in [5, 5.41) is 9.79. The van der Waals surface area contributed by atoms with Gasteiger partial charge in [0.25, 0.3) is 0 Å². The van der Waals surface area contributed by atoms with Gasteiger partial charge < -0.3 is 15.6 Å². The SMILES string of the molecule is C=C(C)[C@@H]1CC[C@]2(N)CC[C@]3(C)[C@H](CC[C@@H]4[C@@]5(C)CC=C(CC6CCC(OC)(C(=O)O)CC6)C(C)(C)[C@@H]5CC[C@]43C)[C@@H]12. The van der Waals surface area contributed by atoms with E-state index in [1.807, 2.05) is 0 Å². The standard InChI is InChI=1S/C38H61NO3/c1-24(2)27-14-18-37(39)22-21-35(6)28(31(27)37)9-10-30-34(5)16-13-26(33(3,4)29(34)15-17-36(30,35)7)23-25-11-19-38(42-8,20-12-25)32(40)41/h13,25,27-31H,1,9-12,14-23,39H2,2-8H3,(H,40,41)/t25?,27-,28+,29-,30+,31+,34-,35+,36+,37-,38?/m0/s1. The third-order valence-electron chi connectivity index (χ3n) is 16.1. The second-order valence-electron chi connectivity index (χ2n) is 17.7. The molecule has 9 atom stereocenters. The van der Waals surface area contributed by atoms with Crippen LogP contribution in [-0.4, -0.2) is 29.3 Å². The highest BCUT2D eigenvalue weighted by molar-refractivity contribution is 5.77. The predicted octanol–water partition coefficient (Wildman–Crippen LogP) is 8.94. The molecule has 236 valence electrons. The largest absolute Gasteiger partial charge is 0.479 e. The van der Waals surface area contributed by atoms with E-state index in [-0.39, 0.29) is 11.0 Å². The van der Waals surface area contributed by atoms with Crippen LogP contribution < -0.4 is 5.73 Å². The van der Waals surface area contributed by atoms with Crippen molar-refractivity contribution in [3.05, 3.63) is 23.8 Å². The van der Waals surface area contributed by atoms with Gasteiger partial charge in [0.15, 0.2) is 5.60 Å². The number of nitrogens with two attached hydrogens (primary N) is 1. The third kappa shape index (κ3) is 4.08. The molecule has 6 rings (SSSR count). The van der Waals surface area contributed by atoms with Crippen molar-refractivity contribution in [3.8, 4) is 0 Å². The van der Waals surface area contributed by atoms with Crippen molar-refractivity contribution in [2.75, 3.05) is 7.11 Å². The zero-order valence-electron chi connectivity index (χ0n) is 28.0. The number of methoxy groups -OCH3 is 1. The smallest absolute Gasteiger partial charge is 0.335 e. The first kappa shape index (κ1) is 30.9. The summed E-state index contributed by atoms with van der Waals surface area (Å²) in [6.07, 6.45) is 18.5. The van der Waals surface area contributed by atoms with Crippen LogP contribution in [0.3, 0.4) is 0 Å². The summed E-state index contributed by atoms with van der Waals surface area (Å²) < 4.78 is 5.53. The number of carboxylic acid groups (broad SMARTS) is 1. The van der Waals surface area contributed by atoms with Crippen molar-refractivity contribution < 1.29 is 14.6 Å². The molecule has 0 aromatic heterocycles. The lowest BCUT2D eigenvalue weighted by molar-refractivity contribution is -0.219. The van der Waals surface area contributed by atoms with Crippen LogP contribution in [0.15, 0.2) is 23.8 Å². The molecule has 5 saturated carbocycles. The Morgan fingerprint density at radius 2 is 1.62 bits per heavy atom. The van der Waals surface area contributed by atoms with Gasteiger partial charge in [-0.3, -0.25) is 0 Å². The molecule has 0 aromatic carbocycles. The fourth-order valence-corrected chi connectivity index (χ4v) is 13.4. The highest BCUT2D eigenvalue weighted by Crippen LogP contribution is 2.76. The van der Waals surface area contributed by atoms with Gasteiger partial charge in [0.05, 0.1) is 0 Å². The number of rotatable bonds is 5. The molecule has 5 fully saturated rings. The fourth-order valence-electron chi connectivity index (χ4n) is 13.4. The minimum atomic E-state index is -0.972. The van der Waals surface area contributed by atoms with Crippen molar-refractivity contribution in [1.29, 1.82) is 0 Å². The average Bonchev–Trinajstić information content (AvgIpc) is 3.29. The van der Waals surface area contributed by atoms with Gasteiger partial charge in [0.1, 0.15) is 0 Å². The van der Waals surface area contributed by atoms with Crippen molar-refractivity contribution >= 4 is 5.97 Å². The first-order valence-corrected chi connectivity index (χ1v) is 17.5. The van der Waals surface area contributed by atoms with Crippen LogP contribution in [0.5, 0.6) is 0 Å². The lowest BCUT2D eigenvalue weighted by atomic mass is 9.33. The maximum Gasteiger partial charge on any atom is 0.335 e. The molecule has 0 spiro atoms. The Balaban J connectivity index is 1.25. The number of hydrogen-bond donors (Lipinski definition) is 2. The van der Waals surface area contributed by atoms with E-state index in [2.05, 4.69) is 54.2 Å². The Kier molecular flexibility index (Phi) is 7.30. The molecule has 0 heterocycles. The van der Waals surface area contributed by atoms with E-state index >= 15 is 0 Å². The van der Waals surface area contributed by atoms with Gasteiger partial charge >= 0.3 is 5.97 Å². The van der Waals surface area contributed by atoms with Crippen LogP contribution in [0.25, 0.3) is 0 Å². The van der Waals surface area contributed by atoms with Crippen LogP contribution in [0.4, 0.5) is 0 Å². The zero-order valence-corrected chi connectivity index (χ0v) is 28.0. The molecular formula is C38H61NO3. The number of fused-ring (bicyclic) bond motifs is 7. The summed E-state index contributed by atoms with van der Waals surface area (Å²) >= 11 is 0. The molecule has 0 radical (unpaired) electrons. The zero-order chi connectivity index (χ0) is 30.5. The summed E-state index contributed by atoms with van der Waals surface area (Å²) in [6.45, 7) is 20.0. The molecule has 3 N–H and O–H groups in total. The maximum absolute atomic E-state index is 11.9. The van der Waals surface area contributed by atoms with Gasteiger partial charge in [-0.25, -0.2) is 4.79 Å². The molecule has 0 amide bonds. The first-order chi connectivity index (χ1) is 19.6. The quantitative estimate of drug-likeness (QED) is 0.319. The Hall–Kier alpha value is -1.13. The predicted molar refractivity (Wildman–Crippen MR) is 171 cm³/mol. The molecule has 4 nitrogen and oxygen atoms in total. The normalized spacial score (nSPS) is 51.4. The molecule has 6 aliphatic carbocycles. The number of carboxylic acids is 1. The highest BCUT2D eigenvalue weighted by atomic mass is 16.5. The van der Waals surface area contributed by atoms with E-state index in [1.54, 1.807) is 12.7 Å². The Bertz CT molecular complexity index is 1150. The maximum atomic E-state index is 11.9. The lowest BCUT2D eigenvalue weighted by Gasteiger charge is -2.72. The second kappa shape index (κ2) is 9.93. The van der Waals surface area contributed by atoms with Gasteiger partial charge in [0.2, 0.25) is 0 Å². The van der Waals surface area contributed by atoms with Crippen LogP contribution in [0.2, 0.25) is 0 Å². The van der Waals surface area contributed by atoms with E-state index in [9.17, 15) is 9.90 Å². The molecule has 4 heteroatoms. The summed E-state index contributed by atoms with van der Waals surface area (Å²) in [5.74, 6) is 3.18. The number of hydrogen-bond acceptors (Lipinski definition) is 3. The molecule has 0 aromatic rings. The van der Waals surface area contributed by atoms with Gasteiger partial charge in [0, 0.05) is 12.6 Å². The average molecular weight is 580 g/mol. The van der Waals surface area contributed by atoms with Crippen molar-refractivity contribution in [3.63, 3.8) is 0 Å². The van der Waals surface area contributed by atoms with Crippen LogP contribution in [-0.2, 0) is 9.53 Å². The minimum Gasteiger partial charge on any atom is -0.479 e. The van der Waals surface area contributed by atoms with E-state index in [0.29, 0.717) is 52.8 Å². The Labute approximate surface area is 256 Å². The van der Waals surface area contributed by atoms with E-state index in [4.69, 9.17) is 10.5 Å². The number of allylic oxidation sites excluding steroid dienone is 3. The molecule has 42 heavy (non-hydrogen) atoms.